The summed E-state index contributed by atoms with van der Waals surface area (Å²) in [5, 5.41) is 0. The monoisotopic (exact) mass is 118 g/mol. The van der Waals surface area contributed by atoms with Crippen molar-refractivity contribution in [2.24, 2.45) is 0 Å². The molecule has 0 amide bonds. The van der Waals surface area contributed by atoms with E-state index in [1.165, 1.54) is 0 Å². The van der Waals surface area contributed by atoms with Gasteiger partial charge in [0.1, 0.15) is 0 Å². The Morgan fingerprint density at radius 2 is 2.44 bits per heavy atom. The highest BCUT2D eigenvalue weighted by atomic mass is 14.0. The summed E-state index contributed by atoms with van der Waals surface area (Å²) >= 11 is 0. The molecule has 1 aromatic carbocycles. The quantitative estimate of drug-likeness (QED) is 0.490. The molecular formula is C9H8. The summed E-state index contributed by atoms with van der Waals surface area (Å²) in [7, 11) is 0. The second kappa shape index (κ2) is 1.73. The minimum atomic E-state index is 0.532. The zero-order valence-corrected chi connectivity index (χ0v) is 5.02. The topological polar surface area (TPSA) is 0 Å². The van der Waals surface area contributed by atoms with Gasteiger partial charge in [-0.05, 0) is 17.5 Å². The van der Waals surface area contributed by atoms with Gasteiger partial charge in [0.25, 0.3) is 0 Å². The fourth-order valence-electron chi connectivity index (χ4n) is 1.04. The maximum atomic E-state index is 7.51. The minimum Gasteiger partial charge on any atom is -0.0795 e. The summed E-state index contributed by atoms with van der Waals surface area (Å²) in [6, 6.07) is 6.75. The van der Waals surface area contributed by atoms with Crippen molar-refractivity contribution in [1.82, 2.24) is 0 Å². The van der Waals surface area contributed by atoms with Crippen LogP contribution >= 0.6 is 0 Å². The zero-order valence-electron chi connectivity index (χ0n) is 7.02. The Bertz CT molecular complexity index is 326. The van der Waals surface area contributed by atoms with Crippen LogP contribution in [0.25, 0.3) is 6.08 Å². The second-order valence-corrected chi connectivity index (χ2v) is 2.13. The smallest absolute Gasteiger partial charge is 0.0629 e. The van der Waals surface area contributed by atoms with Crippen molar-refractivity contribution in [3.63, 3.8) is 0 Å². The maximum Gasteiger partial charge on any atom is 0.0629 e. The van der Waals surface area contributed by atoms with Crippen LogP contribution < -0.4 is 0 Å². The fourth-order valence-corrected chi connectivity index (χ4v) is 1.04. The van der Waals surface area contributed by atoms with E-state index < -0.39 is 0 Å². The molecule has 0 atom stereocenters. The standard InChI is InChI=1S/C9H8/c1-2-5-9-7-3-6-8(9)4-1/h1-6H,7H2/i3D,4D. The third-order valence-corrected chi connectivity index (χ3v) is 1.52. The van der Waals surface area contributed by atoms with Gasteiger partial charge in [0, 0.05) is 0 Å². The summed E-state index contributed by atoms with van der Waals surface area (Å²) in [6.45, 7) is 0. The predicted octanol–water partition coefficient (Wildman–Crippen LogP) is 2.26. The van der Waals surface area contributed by atoms with Crippen molar-refractivity contribution in [3.05, 3.63) is 41.4 Å². The lowest BCUT2D eigenvalue weighted by atomic mass is 10.1. The molecule has 0 saturated carbocycles. The first-order valence-corrected chi connectivity index (χ1v) is 3.03. The molecule has 9 heavy (non-hydrogen) atoms. The molecule has 1 aliphatic carbocycles. The summed E-state index contributed by atoms with van der Waals surface area (Å²) < 4.78 is 14.9. The summed E-state index contributed by atoms with van der Waals surface area (Å²) in [5.74, 6) is 0. The Hall–Kier alpha value is -1.04. The highest BCUT2D eigenvalue weighted by Gasteiger charge is 2.00. The van der Waals surface area contributed by atoms with Gasteiger partial charge in [-0.25, -0.2) is 0 Å². The van der Waals surface area contributed by atoms with E-state index in [0.29, 0.717) is 18.5 Å². The van der Waals surface area contributed by atoms with E-state index >= 15 is 0 Å². The Kier molecular flexibility index (Phi) is 0.616. The lowest BCUT2D eigenvalue weighted by Gasteiger charge is -1.93. The number of hydrogen-bond acceptors (Lipinski definition) is 0. The van der Waals surface area contributed by atoms with Crippen LogP contribution in [0, 0.1) is 0 Å². The molecule has 0 fully saturated rings. The Morgan fingerprint density at radius 1 is 1.44 bits per heavy atom. The molecule has 1 aromatic rings. The molecule has 2 rings (SSSR count). The first-order valence-electron chi connectivity index (χ1n) is 4.03. The van der Waals surface area contributed by atoms with Crippen molar-refractivity contribution >= 4 is 6.08 Å². The third-order valence-electron chi connectivity index (χ3n) is 1.52. The van der Waals surface area contributed by atoms with Gasteiger partial charge in [0.2, 0.25) is 0 Å². The van der Waals surface area contributed by atoms with E-state index in [1.807, 2.05) is 12.1 Å². The van der Waals surface area contributed by atoms with Gasteiger partial charge in [-0.3, -0.25) is 0 Å². The second-order valence-electron chi connectivity index (χ2n) is 2.13. The van der Waals surface area contributed by atoms with E-state index in [2.05, 4.69) is 0 Å². The lowest BCUT2D eigenvalue weighted by molar-refractivity contribution is 1.31. The van der Waals surface area contributed by atoms with Gasteiger partial charge >= 0.3 is 0 Å². The molecule has 0 aliphatic heterocycles. The van der Waals surface area contributed by atoms with Crippen LogP contribution in [-0.4, -0.2) is 0 Å². The average molecular weight is 118 g/mol. The normalized spacial score (nSPS) is 18.0. The van der Waals surface area contributed by atoms with Gasteiger partial charge in [0.05, 0.1) is 2.74 Å². The number of allylic oxidation sites excluding steroid dienone is 1. The molecule has 0 saturated heterocycles. The summed E-state index contributed by atoms with van der Waals surface area (Å²) in [4.78, 5) is 0. The Balaban J connectivity index is 2.61. The van der Waals surface area contributed by atoms with Crippen molar-refractivity contribution in [3.8, 4) is 0 Å². The van der Waals surface area contributed by atoms with Gasteiger partial charge in [0.15, 0.2) is 0 Å². The lowest BCUT2D eigenvalue weighted by Crippen LogP contribution is -1.76. The van der Waals surface area contributed by atoms with Crippen molar-refractivity contribution < 1.29 is 2.74 Å². The van der Waals surface area contributed by atoms with Crippen molar-refractivity contribution in [2.75, 3.05) is 0 Å². The molecule has 1 aliphatic rings. The van der Waals surface area contributed by atoms with E-state index in [0.717, 1.165) is 11.1 Å². The number of fused-ring (bicyclic) bond motifs is 1. The highest BCUT2D eigenvalue weighted by molar-refractivity contribution is 5.59. The molecule has 0 unspecified atom stereocenters. The average Bonchev–Trinajstić information content (AvgIpc) is 2.31. The molecule has 0 bridgehead atoms. The molecule has 44 valence electrons. The van der Waals surface area contributed by atoms with Crippen LogP contribution in [0.15, 0.2) is 30.3 Å². The van der Waals surface area contributed by atoms with Gasteiger partial charge in [-0.15, -0.1) is 0 Å². The number of benzene rings is 1. The first kappa shape index (κ1) is 3.21. The molecule has 0 radical (unpaired) electrons. The number of rotatable bonds is 0. The van der Waals surface area contributed by atoms with Crippen LogP contribution in [0.3, 0.4) is 0 Å². The molecule has 0 heterocycles. The zero-order chi connectivity index (χ0) is 7.84. The summed E-state index contributed by atoms with van der Waals surface area (Å²) in [5.41, 5.74) is 2.04. The highest BCUT2D eigenvalue weighted by Crippen LogP contribution is 2.17. The van der Waals surface area contributed by atoms with E-state index in [1.54, 1.807) is 12.1 Å². The molecule has 0 spiro atoms. The van der Waals surface area contributed by atoms with Crippen molar-refractivity contribution in [2.45, 2.75) is 6.42 Å². The fraction of sp³-hybridized carbons (Fsp3) is 0.111. The maximum absolute atomic E-state index is 7.51. The molecule has 0 heteroatoms. The van der Waals surface area contributed by atoms with Crippen LogP contribution in [-0.2, 0) is 6.42 Å². The molecular weight excluding hydrogens is 108 g/mol. The van der Waals surface area contributed by atoms with Gasteiger partial charge in [-0.1, -0.05) is 36.4 Å². The van der Waals surface area contributed by atoms with Crippen LogP contribution in [0.5, 0.6) is 0 Å². The SMILES string of the molecule is [2H]C1=Cc2c([2H])cccc2C1. The summed E-state index contributed by atoms with van der Waals surface area (Å²) in [6.07, 6.45) is 2.47. The van der Waals surface area contributed by atoms with E-state index in [4.69, 9.17) is 2.74 Å². The van der Waals surface area contributed by atoms with E-state index in [9.17, 15) is 0 Å². The van der Waals surface area contributed by atoms with E-state index in [-0.39, 0.29) is 0 Å². The minimum absolute atomic E-state index is 0.532. The predicted molar refractivity (Wildman–Crippen MR) is 39.2 cm³/mol. The Morgan fingerprint density at radius 3 is 3.33 bits per heavy atom. The van der Waals surface area contributed by atoms with Crippen molar-refractivity contribution in [1.29, 1.82) is 0 Å². The third kappa shape index (κ3) is 0.672. The Labute approximate surface area is 57.6 Å². The van der Waals surface area contributed by atoms with Crippen LogP contribution in [0.4, 0.5) is 0 Å². The molecule has 0 nitrogen and oxygen atoms in total. The van der Waals surface area contributed by atoms with Gasteiger partial charge in [-0.2, -0.15) is 0 Å². The van der Waals surface area contributed by atoms with Crippen LogP contribution in [0.2, 0.25) is 0 Å². The number of hydrogen-bond donors (Lipinski definition) is 0. The molecule has 0 N–H and O–H groups in total. The first-order chi connectivity index (χ1) is 5.27. The molecule has 0 aromatic heterocycles. The largest absolute Gasteiger partial charge is 0.0795 e. The van der Waals surface area contributed by atoms with Gasteiger partial charge < -0.3 is 0 Å². The van der Waals surface area contributed by atoms with Crippen LogP contribution in [0.1, 0.15) is 13.9 Å².